The molecule has 0 fully saturated rings. The summed E-state index contributed by atoms with van der Waals surface area (Å²) in [5.74, 6) is -0.283. The van der Waals surface area contributed by atoms with Crippen LogP contribution in [0.4, 0.5) is 10.1 Å². The molecular weight excluding hydrogens is 225 g/mol. The zero-order valence-electron chi connectivity index (χ0n) is 8.40. The van der Waals surface area contributed by atoms with E-state index in [-0.39, 0.29) is 5.82 Å². The van der Waals surface area contributed by atoms with Gasteiger partial charge in [0.15, 0.2) is 0 Å². The fourth-order valence-corrected chi connectivity index (χ4v) is 1.49. The standard InChI is InChI=1S/C13H9ClFN/c14-13(10-4-2-1-3-5-10)16-12-8-6-11(15)7-9-12/h1-9H/b16-13-. The van der Waals surface area contributed by atoms with E-state index >= 15 is 0 Å². The maximum Gasteiger partial charge on any atom is 0.136 e. The first kappa shape index (κ1) is 10.8. The Labute approximate surface area is 98.2 Å². The van der Waals surface area contributed by atoms with Gasteiger partial charge in [0.1, 0.15) is 11.0 Å². The van der Waals surface area contributed by atoms with Crippen LogP contribution in [0.3, 0.4) is 0 Å². The molecule has 80 valence electrons. The second kappa shape index (κ2) is 4.90. The molecule has 1 nitrogen and oxygen atoms in total. The highest BCUT2D eigenvalue weighted by Crippen LogP contribution is 2.16. The average Bonchev–Trinajstić information content (AvgIpc) is 2.33. The first-order valence-corrected chi connectivity index (χ1v) is 5.19. The van der Waals surface area contributed by atoms with Crippen LogP contribution in [-0.4, -0.2) is 5.17 Å². The predicted octanol–water partition coefficient (Wildman–Crippen LogP) is 4.14. The summed E-state index contributed by atoms with van der Waals surface area (Å²) < 4.78 is 12.7. The normalized spacial score (nSPS) is 11.5. The Morgan fingerprint density at radius 3 is 2.19 bits per heavy atom. The highest BCUT2D eigenvalue weighted by atomic mass is 35.5. The number of halogens is 2. The Morgan fingerprint density at radius 2 is 1.56 bits per heavy atom. The Hall–Kier alpha value is -1.67. The molecule has 0 unspecified atom stereocenters. The summed E-state index contributed by atoms with van der Waals surface area (Å²) in [6.07, 6.45) is 0. The van der Waals surface area contributed by atoms with Crippen LogP contribution < -0.4 is 0 Å². The maximum absolute atomic E-state index is 12.7. The van der Waals surface area contributed by atoms with Crippen LogP contribution >= 0.6 is 11.6 Å². The third kappa shape index (κ3) is 2.67. The summed E-state index contributed by atoms with van der Waals surface area (Å²) in [7, 11) is 0. The summed E-state index contributed by atoms with van der Waals surface area (Å²) >= 11 is 6.04. The van der Waals surface area contributed by atoms with Crippen molar-refractivity contribution in [2.24, 2.45) is 4.99 Å². The summed E-state index contributed by atoms with van der Waals surface area (Å²) in [6, 6.07) is 15.3. The molecule has 0 aliphatic heterocycles. The molecule has 0 aliphatic carbocycles. The lowest BCUT2D eigenvalue weighted by Gasteiger charge is -1.98. The molecule has 0 saturated carbocycles. The number of benzene rings is 2. The maximum atomic E-state index is 12.7. The van der Waals surface area contributed by atoms with Crippen LogP contribution in [0.2, 0.25) is 0 Å². The van der Waals surface area contributed by atoms with E-state index < -0.39 is 0 Å². The Morgan fingerprint density at radius 1 is 0.938 bits per heavy atom. The minimum atomic E-state index is -0.283. The lowest BCUT2D eigenvalue weighted by Crippen LogP contribution is -1.88. The molecular formula is C13H9ClFN. The van der Waals surface area contributed by atoms with Gasteiger partial charge in [0, 0.05) is 5.56 Å². The molecule has 0 amide bonds. The minimum Gasteiger partial charge on any atom is -0.236 e. The molecule has 0 spiro atoms. The quantitative estimate of drug-likeness (QED) is 0.692. The molecule has 0 bridgehead atoms. The van der Waals surface area contributed by atoms with E-state index in [1.165, 1.54) is 12.1 Å². The van der Waals surface area contributed by atoms with Gasteiger partial charge in [0.25, 0.3) is 0 Å². The molecule has 0 aromatic heterocycles. The van der Waals surface area contributed by atoms with Crippen molar-refractivity contribution in [1.29, 1.82) is 0 Å². The van der Waals surface area contributed by atoms with Gasteiger partial charge in [-0.05, 0) is 24.3 Å². The largest absolute Gasteiger partial charge is 0.236 e. The number of rotatable bonds is 2. The van der Waals surface area contributed by atoms with Crippen LogP contribution in [0.15, 0.2) is 59.6 Å². The summed E-state index contributed by atoms with van der Waals surface area (Å²) in [5.41, 5.74) is 1.48. The Bertz CT molecular complexity index is 491. The highest BCUT2D eigenvalue weighted by molar-refractivity contribution is 6.69. The van der Waals surface area contributed by atoms with E-state index in [1.807, 2.05) is 30.3 Å². The first-order chi connectivity index (χ1) is 7.75. The predicted molar refractivity (Wildman–Crippen MR) is 64.9 cm³/mol. The monoisotopic (exact) mass is 233 g/mol. The van der Waals surface area contributed by atoms with Gasteiger partial charge < -0.3 is 0 Å². The second-order valence-electron chi connectivity index (χ2n) is 3.25. The molecule has 0 heterocycles. The molecule has 0 saturated heterocycles. The zero-order valence-corrected chi connectivity index (χ0v) is 9.16. The topological polar surface area (TPSA) is 12.4 Å². The molecule has 16 heavy (non-hydrogen) atoms. The van der Waals surface area contributed by atoms with E-state index in [1.54, 1.807) is 12.1 Å². The van der Waals surface area contributed by atoms with Crippen LogP contribution in [0.1, 0.15) is 5.56 Å². The van der Waals surface area contributed by atoms with Crippen LogP contribution in [-0.2, 0) is 0 Å². The van der Waals surface area contributed by atoms with Crippen LogP contribution in [0.25, 0.3) is 0 Å². The van der Waals surface area contributed by atoms with Crippen LogP contribution in [0, 0.1) is 5.82 Å². The number of hydrogen-bond donors (Lipinski definition) is 0. The van der Waals surface area contributed by atoms with Crippen molar-refractivity contribution >= 4 is 22.5 Å². The SMILES string of the molecule is Fc1ccc(/N=C(\Cl)c2ccccc2)cc1. The van der Waals surface area contributed by atoms with Gasteiger partial charge >= 0.3 is 0 Å². The number of hydrogen-bond acceptors (Lipinski definition) is 1. The van der Waals surface area contributed by atoms with Gasteiger partial charge in [0.05, 0.1) is 5.69 Å². The summed E-state index contributed by atoms with van der Waals surface area (Å²) in [4.78, 5) is 4.19. The van der Waals surface area contributed by atoms with Crippen molar-refractivity contribution in [2.75, 3.05) is 0 Å². The van der Waals surface area contributed by atoms with Crippen molar-refractivity contribution in [1.82, 2.24) is 0 Å². The summed E-state index contributed by atoms with van der Waals surface area (Å²) in [5, 5.41) is 0.396. The molecule has 3 heteroatoms. The van der Waals surface area contributed by atoms with E-state index in [4.69, 9.17) is 11.6 Å². The zero-order chi connectivity index (χ0) is 11.4. The third-order valence-corrected chi connectivity index (χ3v) is 2.37. The number of aliphatic imine (C=N–C) groups is 1. The van der Waals surface area contributed by atoms with Crippen molar-refractivity contribution in [3.63, 3.8) is 0 Å². The van der Waals surface area contributed by atoms with Crippen molar-refractivity contribution in [3.8, 4) is 0 Å². The molecule has 0 radical (unpaired) electrons. The fourth-order valence-electron chi connectivity index (χ4n) is 1.27. The molecule has 2 rings (SSSR count). The Kier molecular flexibility index (Phi) is 3.32. The molecule has 2 aromatic rings. The van der Waals surface area contributed by atoms with Gasteiger partial charge in [-0.15, -0.1) is 0 Å². The van der Waals surface area contributed by atoms with E-state index in [9.17, 15) is 4.39 Å². The summed E-state index contributed by atoms with van der Waals surface area (Å²) in [6.45, 7) is 0. The molecule has 0 aliphatic rings. The second-order valence-corrected chi connectivity index (χ2v) is 3.60. The van der Waals surface area contributed by atoms with E-state index in [2.05, 4.69) is 4.99 Å². The first-order valence-electron chi connectivity index (χ1n) is 4.81. The van der Waals surface area contributed by atoms with E-state index in [0.717, 1.165) is 5.56 Å². The third-order valence-electron chi connectivity index (χ3n) is 2.07. The number of nitrogens with zero attached hydrogens (tertiary/aromatic N) is 1. The van der Waals surface area contributed by atoms with Gasteiger partial charge in [-0.25, -0.2) is 9.38 Å². The van der Waals surface area contributed by atoms with Crippen molar-refractivity contribution in [2.45, 2.75) is 0 Å². The minimum absolute atomic E-state index is 0.283. The lowest BCUT2D eigenvalue weighted by molar-refractivity contribution is 0.628. The Balaban J connectivity index is 2.28. The van der Waals surface area contributed by atoms with E-state index in [0.29, 0.717) is 10.9 Å². The van der Waals surface area contributed by atoms with Crippen molar-refractivity contribution < 1.29 is 4.39 Å². The molecule has 0 N–H and O–H groups in total. The fraction of sp³-hybridized carbons (Fsp3) is 0. The van der Waals surface area contributed by atoms with Gasteiger partial charge in [-0.1, -0.05) is 41.9 Å². The lowest BCUT2D eigenvalue weighted by atomic mass is 10.2. The molecule has 0 atom stereocenters. The molecule has 2 aromatic carbocycles. The average molecular weight is 234 g/mol. The van der Waals surface area contributed by atoms with Gasteiger partial charge in [0.2, 0.25) is 0 Å². The van der Waals surface area contributed by atoms with Crippen LogP contribution in [0.5, 0.6) is 0 Å². The van der Waals surface area contributed by atoms with Crippen molar-refractivity contribution in [3.05, 3.63) is 66.0 Å². The smallest absolute Gasteiger partial charge is 0.136 e. The van der Waals surface area contributed by atoms with Gasteiger partial charge in [-0.2, -0.15) is 0 Å². The van der Waals surface area contributed by atoms with Gasteiger partial charge in [-0.3, -0.25) is 0 Å². The highest BCUT2D eigenvalue weighted by Gasteiger charge is 1.98.